The van der Waals surface area contributed by atoms with Crippen LogP contribution in [0.5, 0.6) is 0 Å². The molecule has 0 bridgehead atoms. The quantitative estimate of drug-likeness (QED) is 0.927. The second-order valence-corrected chi connectivity index (χ2v) is 7.90. The van der Waals surface area contributed by atoms with E-state index in [1.165, 1.54) is 25.7 Å². The van der Waals surface area contributed by atoms with E-state index < -0.39 is 11.4 Å². The Balaban J connectivity index is 1.46. The van der Waals surface area contributed by atoms with Crippen molar-refractivity contribution in [3.05, 3.63) is 35.9 Å². The van der Waals surface area contributed by atoms with Gasteiger partial charge in [-0.15, -0.1) is 0 Å². The summed E-state index contributed by atoms with van der Waals surface area (Å²) in [6, 6.07) is 9.50. The van der Waals surface area contributed by atoms with Gasteiger partial charge >= 0.3 is 5.97 Å². The molecule has 4 rings (SSSR count). The number of amides is 1. The van der Waals surface area contributed by atoms with Crippen molar-refractivity contribution in [1.82, 2.24) is 4.90 Å². The number of hydrogen-bond donors (Lipinski definition) is 1. The van der Waals surface area contributed by atoms with Gasteiger partial charge in [-0.1, -0.05) is 43.2 Å². The maximum absolute atomic E-state index is 12.8. The van der Waals surface area contributed by atoms with Crippen molar-refractivity contribution in [3.8, 4) is 0 Å². The number of aliphatic carboxylic acids is 1. The molecular weight excluding hydrogens is 302 g/mol. The monoisotopic (exact) mass is 327 g/mol. The predicted molar refractivity (Wildman–Crippen MR) is 90.6 cm³/mol. The fourth-order valence-electron chi connectivity index (χ4n) is 5.04. The molecule has 24 heavy (non-hydrogen) atoms. The Kier molecular flexibility index (Phi) is 3.66. The zero-order chi connectivity index (χ0) is 16.8. The van der Waals surface area contributed by atoms with Crippen LogP contribution < -0.4 is 0 Å². The molecule has 1 saturated heterocycles. The molecule has 3 aliphatic rings. The van der Waals surface area contributed by atoms with Gasteiger partial charge in [-0.25, -0.2) is 0 Å². The summed E-state index contributed by atoms with van der Waals surface area (Å²) >= 11 is 0. The highest BCUT2D eigenvalue weighted by Gasteiger charge is 2.60. The molecule has 1 heterocycles. The summed E-state index contributed by atoms with van der Waals surface area (Å²) in [5.41, 5.74) is 0.341. The Bertz CT molecular complexity index is 640. The number of piperidine rings is 1. The smallest absolute Gasteiger partial charge is 0.314 e. The van der Waals surface area contributed by atoms with Crippen LogP contribution in [0.4, 0.5) is 0 Å². The van der Waals surface area contributed by atoms with Crippen molar-refractivity contribution in [2.75, 3.05) is 13.1 Å². The highest BCUT2D eigenvalue weighted by molar-refractivity contribution is 5.85. The van der Waals surface area contributed by atoms with E-state index in [1.807, 2.05) is 35.2 Å². The summed E-state index contributed by atoms with van der Waals surface area (Å²) in [6.07, 6.45) is 7.03. The molecule has 1 aromatic rings. The predicted octanol–water partition coefficient (Wildman–Crippen LogP) is 3.21. The van der Waals surface area contributed by atoms with Crippen LogP contribution in [-0.4, -0.2) is 35.0 Å². The first-order chi connectivity index (χ1) is 11.6. The summed E-state index contributed by atoms with van der Waals surface area (Å²) < 4.78 is 0. The average Bonchev–Trinajstić information content (AvgIpc) is 3.11. The van der Waals surface area contributed by atoms with Gasteiger partial charge < -0.3 is 10.0 Å². The molecule has 2 saturated carbocycles. The second-order valence-electron chi connectivity index (χ2n) is 7.90. The number of nitrogens with zero attached hydrogens (tertiary/aromatic N) is 1. The van der Waals surface area contributed by atoms with Gasteiger partial charge in [0.05, 0.1) is 5.41 Å². The Morgan fingerprint density at radius 2 is 1.62 bits per heavy atom. The number of carboxylic acids is 1. The lowest BCUT2D eigenvalue weighted by Crippen LogP contribution is -2.49. The summed E-state index contributed by atoms with van der Waals surface area (Å²) in [5, 5.41) is 9.85. The number of hydrogen-bond acceptors (Lipinski definition) is 2. The first kappa shape index (κ1) is 15.7. The Morgan fingerprint density at radius 1 is 1.00 bits per heavy atom. The maximum Gasteiger partial charge on any atom is 0.314 e. The lowest BCUT2D eigenvalue weighted by atomic mass is 9.72. The van der Waals surface area contributed by atoms with Gasteiger partial charge in [0, 0.05) is 19.0 Å². The van der Waals surface area contributed by atoms with Crippen molar-refractivity contribution in [3.63, 3.8) is 0 Å². The largest absolute Gasteiger partial charge is 0.481 e. The lowest BCUT2D eigenvalue weighted by molar-refractivity contribution is -0.148. The number of benzene rings is 1. The minimum absolute atomic E-state index is 0.217. The zero-order valence-corrected chi connectivity index (χ0v) is 14.0. The fourth-order valence-corrected chi connectivity index (χ4v) is 5.04. The SMILES string of the molecule is O=C(C1CC12CCCC2)N1CCC(C(=O)O)(c2ccccc2)CC1. The molecule has 4 nitrogen and oxygen atoms in total. The molecule has 1 aliphatic heterocycles. The molecule has 0 aromatic heterocycles. The standard InChI is InChI=1S/C20H25NO3/c22-17(16-14-19(16)8-4-5-9-19)21-12-10-20(11-13-21,18(23)24)15-6-2-1-3-7-15/h1-3,6-7,16H,4-5,8-14H2,(H,23,24). The van der Waals surface area contributed by atoms with E-state index in [0.29, 0.717) is 31.3 Å². The molecule has 4 heteroatoms. The third-order valence-corrected chi connectivity index (χ3v) is 6.75. The van der Waals surface area contributed by atoms with Crippen molar-refractivity contribution < 1.29 is 14.7 Å². The molecule has 128 valence electrons. The average molecular weight is 327 g/mol. The fraction of sp³-hybridized carbons (Fsp3) is 0.600. The molecule has 3 fully saturated rings. The van der Waals surface area contributed by atoms with Crippen LogP contribution in [0.15, 0.2) is 30.3 Å². The van der Waals surface area contributed by atoms with Gasteiger partial charge in [0.1, 0.15) is 0 Å². The molecule has 1 aromatic carbocycles. The molecule has 0 radical (unpaired) electrons. The van der Waals surface area contributed by atoms with E-state index in [4.69, 9.17) is 0 Å². The van der Waals surface area contributed by atoms with Crippen molar-refractivity contribution in [1.29, 1.82) is 0 Å². The number of carboxylic acid groups (broad SMARTS) is 1. The third-order valence-electron chi connectivity index (χ3n) is 6.75. The highest BCUT2D eigenvalue weighted by atomic mass is 16.4. The van der Waals surface area contributed by atoms with E-state index in [0.717, 1.165) is 12.0 Å². The van der Waals surface area contributed by atoms with Crippen LogP contribution in [0.25, 0.3) is 0 Å². The topological polar surface area (TPSA) is 57.6 Å². The number of likely N-dealkylation sites (tertiary alicyclic amines) is 1. The van der Waals surface area contributed by atoms with E-state index >= 15 is 0 Å². The van der Waals surface area contributed by atoms with Crippen molar-refractivity contribution in [2.45, 2.75) is 50.4 Å². The third kappa shape index (κ3) is 2.35. The molecule has 1 spiro atoms. The van der Waals surface area contributed by atoms with Crippen LogP contribution in [0.2, 0.25) is 0 Å². The van der Waals surface area contributed by atoms with E-state index in [2.05, 4.69) is 0 Å². The van der Waals surface area contributed by atoms with E-state index in [9.17, 15) is 14.7 Å². The first-order valence-corrected chi connectivity index (χ1v) is 9.15. The molecule has 1 N–H and O–H groups in total. The van der Waals surface area contributed by atoms with Crippen molar-refractivity contribution >= 4 is 11.9 Å². The Morgan fingerprint density at radius 3 is 2.21 bits per heavy atom. The Hall–Kier alpha value is -1.84. The number of carbonyl (C=O) groups excluding carboxylic acids is 1. The summed E-state index contributed by atoms with van der Waals surface area (Å²) in [6.45, 7) is 1.12. The van der Waals surface area contributed by atoms with Gasteiger partial charge in [0.2, 0.25) is 5.91 Å². The van der Waals surface area contributed by atoms with Crippen LogP contribution in [0, 0.1) is 11.3 Å². The summed E-state index contributed by atoms with van der Waals surface area (Å²) in [5.74, 6) is -0.266. The molecule has 1 atom stereocenters. The Labute approximate surface area is 142 Å². The van der Waals surface area contributed by atoms with Gasteiger partial charge in [-0.05, 0) is 43.1 Å². The summed E-state index contributed by atoms with van der Waals surface area (Å²) in [7, 11) is 0. The van der Waals surface area contributed by atoms with Crippen LogP contribution in [0.1, 0.15) is 50.5 Å². The number of rotatable bonds is 3. The normalized spacial score (nSPS) is 27.2. The van der Waals surface area contributed by atoms with Crippen LogP contribution in [-0.2, 0) is 15.0 Å². The van der Waals surface area contributed by atoms with Crippen molar-refractivity contribution in [2.24, 2.45) is 11.3 Å². The zero-order valence-electron chi connectivity index (χ0n) is 14.0. The minimum Gasteiger partial charge on any atom is -0.481 e. The second kappa shape index (κ2) is 5.61. The van der Waals surface area contributed by atoms with E-state index in [1.54, 1.807) is 0 Å². The first-order valence-electron chi connectivity index (χ1n) is 9.15. The minimum atomic E-state index is -0.841. The molecule has 2 aliphatic carbocycles. The molecular formula is C20H25NO3. The van der Waals surface area contributed by atoms with Gasteiger partial charge in [-0.3, -0.25) is 9.59 Å². The van der Waals surface area contributed by atoms with Crippen LogP contribution in [0.3, 0.4) is 0 Å². The van der Waals surface area contributed by atoms with Crippen LogP contribution >= 0.6 is 0 Å². The van der Waals surface area contributed by atoms with Gasteiger partial charge in [0.15, 0.2) is 0 Å². The molecule has 1 amide bonds. The van der Waals surface area contributed by atoms with E-state index in [-0.39, 0.29) is 11.8 Å². The lowest BCUT2D eigenvalue weighted by Gasteiger charge is -2.39. The van der Waals surface area contributed by atoms with Gasteiger partial charge in [-0.2, -0.15) is 0 Å². The highest BCUT2D eigenvalue weighted by Crippen LogP contribution is 2.63. The van der Waals surface area contributed by atoms with Gasteiger partial charge in [0.25, 0.3) is 0 Å². The molecule has 1 unspecified atom stereocenters. The maximum atomic E-state index is 12.8. The summed E-state index contributed by atoms with van der Waals surface area (Å²) in [4.78, 5) is 26.7. The number of carbonyl (C=O) groups is 2.